The summed E-state index contributed by atoms with van der Waals surface area (Å²) in [5.74, 6) is 1.57. The molecule has 0 unspecified atom stereocenters. The number of amides is 1. The number of aryl methyl sites for hydroxylation is 1. The summed E-state index contributed by atoms with van der Waals surface area (Å²) in [5.41, 5.74) is 3.90. The van der Waals surface area contributed by atoms with Gasteiger partial charge in [-0.05, 0) is 43.7 Å². The first-order chi connectivity index (χ1) is 14.0. The van der Waals surface area contributed by atoms with Gasteiger partial charge in [0.25, 0.3) is 0 Å². The number of carbonyl (C=O) groups excluding carboxylic acids is 1. The minimum atomic E-state index is 0.0901. The van der Waals surface area contributed by atoms with Crippen LogP contribution in [0.15, 0.2) is 48.8 Å². The van der Waals surface area contributed by atoms with Crippen molar-refractivity contribution in [3.05, 3.63) is 70.6 Å². The number of pyridine rings is 1. The van der Waals surface area contributed by atoms with Crippen molar-refractivity contribution in [2.75, 3.05) is 24.5 Å². The molecule has 0 atom stereocenters. The molecule has 4 rings (SSSR count). The average Bonchev–Trinajstić information content (AvgIpc) is 2.73. The van der Waals surface area contributed by atoms with Gasteiger partial charge in [-0.1, -0.05) is 23.7 Å². The Hall–Kier alpha value is -2.99. The molecule has 3 aromatic rings. The number of halogens is 1. The van der Waals surface area contributed by atoms with Gasteiger partial charge >= 0.3 is 0 Å². The van der Waals surface area contributed by atoms with E-state index < -0.39 is 0 Å². The number of carbonyl (C=O) groups is 1. The Bertz CT molecular complexity index is 1020. The number of nitrogens with zero attached hydrogens (tertiary/aromatic N) is 5. The van der Waals surface area contributed by atoms with Gasteiger partial charge in [0.05, 0.1) is 6.54 Å². The highest BCUT2D eigenvalue weighted by Crippen LogP contribution is 2.25. The minimum Gasteiger partial charge on any atom is -0.345 e. The standard InChI is InChI=1S/C22H22ClN5O/c1-15-16(2)25-21(18-7-9-24-10-8-18)26-22(15)28-12-11-27(20(29)14-28)13-17-3-5-19(23)6-4-17/h3-10H,11-14H2,1-2H3. The van der Waals surface area contributed by atoms with Crippen molar-refractivity contribution in [3.8, 4) is 11.4 Å². The van der Waals surface area contributed by atoms with Crippen LogP contribution in [-0.4, -0.2) is 45.4 Å². The van der Waals surface area contributed by atoms with E-state index in [0.717, 1.165) is 34.7 Å². The Balaban J connectivity index is 1.53. The Kier molecular flexibility index (Phi) is 5.45. The number of piperazine rings is 1. The maximum atomic E-state index is 12.8. The molecule has 0 radical (unpaired) electrons. The lowest BCUT2D eigenvalue weighted by Crippen LogP contribution is -2.50. The molecule has 1 saturated heterocycles. The average molecular weight is 408 g/mol. The zero-order chi connectivity index (χ0) is 20.4. The van der Waals surface area contributed by atoms with Crippen LogP contribution in [0.25, 0.3) is 11.4 Å². The summed E-state index contributed by atoms with van der Waals surface area (Å²) in [4.78, 5) is 30.2. The molecule has 0 saturated carbocycles. The molecule has 1 aliphatic heterocycles. The number of benzene rings is 1. The van der Waals surface area contributed by atoms with Crippen molar-refractivity contribution in [1.29, 1.82) is 0 Å². The molecule has 0 aliphatic carbocycles. The molecule has 29 heavy (non-hydrogen) atoms. The molecule has 2 aromatic heterocycles. The third kappa shape index (κ3) is 4.22. The molecule has 6 nitrogen and oxygen atoms in total. The second kappa shape index (κ2) is 8.17. The van der Waals surface area contributed by atoms with Gasteiger partial charge in [0.2, 0.25) is 5.91 Å². The van der Waals surface area contributed by atoms with Crippen LogP contribution in [0.2, 0.25) is 5.02 Å². The topological polar surface area (TPSA) is 62.2 Å². The Morgan fingerprint density at radius 3 is 2.41 bits per heavy atom. The van der Waals surface area contributed by atoms with E-state index in [1.165, 1.54) is 0 Å². The monoisotopic (exact) mass is 407 g/mol. The van der Waals surface area contributed by atoms with Crippen LogP contribution in [0, 0.1) is 13.8 Å². The number of hydrogen-bond donors (Lipinski definition) is 0. The first-order valence-electron chi connectivity index (χ1n) is 9.54. The zero-order valence-corrected chi connectivity index (χ0v) is 17.2. The van der Waals surface area contributed by atoms with E-state index in [9.17, 15) is 4.79 Å². The fourth-order valence-corrected chi connectivity index (χ4v) is 3.54. The minimum absolute atomic E-state index is 0.0901. The predicted molar refractivity (Wildman–Crippen MR) is 114 cm³/mol. The Labute approximate surface area is 175 Å². The Morgan fingerprint density at radius 2 is 1.72 bits per heavy atom. The predicted octanol–water partition coefficient (Wildman–Crippen LogP) is 3.66. The first-order valence-corrected chi connectivity index (χ1v) is 9.92. The Morgan fingerprint density at radius 1 is 1.00 bits per heavy atom. The van der Waals surface area contributed by atoms with Crippen LogP contribution in [0.5, 0.6) is 0 Å². The normalized spacial score (nSPS) is 14.4. The van der Waals surface area contributed by atoms with E-state index in [1.54, 1.807) is 12.4 Å². The van der Waals surface area contributed by atoms with E-state index >= 15 is 0 Å². The second-order valence-electron chi connectivity index (χ2n) is 7.18. The summed E-state index contributed by atoms with van der Waals surface area (Å²) < 4.78 is 0. The van der Waals surface area contributed by atoms with Crippen molar-refractivity contribution < 1.29 is 4.79 Å². The summed E-state index contributed by atoms with van der Waals surface area (Å²) in [6, 6.07) is 11.4. The summed E-state index contributed by atoms with van der Waals surface area (Å²) in [7, 11) is 0. The SMILES string of the molecule is Cc1nc(-c2ccncc2)nc(N2CCN(Cc3ccc(Cl)cc3)C(=O)C2)c1C. The van der Waals surface area contributed by atoms with Crippen LogP contribution in [0.1, 0.15) is 16.8 Å². The van der Waals surface area contributed by atoms with Gasteiger partial charge in [0.15, 0.2) is 5.82 Å². The molecule has 1 aromatic carbocycles. The van der Waals surface area contributed by atoms with Crippen molar-refractivity contribution in [2.45, 2.75) is 20.4 Å². The second-order valence-corrected chi connectivity index (χ2v) is 7.62. The molecule has 1 aliphatic rings. The van der Waals surface area contributed by atoms with Crippen LogP contribution in [0.4, 0.5) is 5.82 Å². The molecule has 1 amide bonds. The van der Waals surface area contributed by atoms with Gasteiger partial charge in [-0.3, -0.25) is 9.78 Å². The number of rotatable bonds is 4. The van der Waals surface area contributed by atoms with Crippen molar-refractivity contribution in [2.24, 2.45) is 0 Å². The molecule has 7 heteroatoms. The first kappa shape index (κ1) is 19.3. The van der Waals surface area contributed by atoms with Crippen molar-refractivity contribution in [1.82, 2.24) is 19.9 Å². The molecule has 0 N–H and O–H groups in total. The fraction of sp³-hybridized carbons (Fsp3) is 0.273. The van der Waals surface area contributed by atoms with E-state index in [2.05, 4.69) is 14.9 Å². The van der Waals surface area contributed by atoms with Crippen molar-refractivity contribution in [3.63, 3.8) is 0 Å². The third-order valence-corrected chi connectivity index (χ3v) is 5.46. The zero-order valence-electron chi connectivity index (χ0n) is 16.5. The number of aromatic nitrogens is 3. The smallest absolute Gasteiger partial charge is 0.242 e. The summed E-state index contributed by atoms with van der Waals surface area (Å²) >= 11 is 5.95. The lowest BCUT2D eigenvalue weighted by Gasteiger charge is -2.36. The molecule has 1 fully saturated rings. The fourth-order valence-electron chi connectivity index (χ4n) is 3.42. The van der Waals surface area contributed by atoms with E-state index in [1.807, 2.05) is 55.1 Å². The maximum absolute atomic E-state index is 12.8. The summed E-state index contributed by atoms with van der Waals surface area (Å²) in [6.45, 7) is 6.25. The van der Waals surface area contributed by atoms with Gasteiger partial charge in [-0.25, -0.2) is 9.97 Å². The molecule has 3 heterocycles. The van der Waals surface area contributed by atoms with Crippen molar-refractivity contribution >= 4 is 23.3 Å². The molecule has 148 valence electrons. The summed E-state index contributed by atoms with van der Waals surface area (Å²) in [6.07, 6.45) is 3.46. The third-order valence-electron chi connectivity index (χ3n) is 5.21. The molecular formula is C22H22ClN5O. The van der Waals surface area contributed by atoms with E-state index in [4.69, 9.17) is 16.6 Å². The highest BCUT2D eigenvalue weighted by molar-refractivity contribution is 6.30. The van der Waals surface area contributed by atoms with Crippen LogP contribution in [0.3, 0.4) is 0 Å². The molecular weight excluding hydrogens is 386 g/mol. The van der Waals surface area contributed by atoms with E-state index in [-0.39, 0.29) is 5.91 Å². The van der Waals surface area contributed by atoms with E-state index in [0.29, 0.717) is 30.5 Å². The van der Waals surface area contributed by atoms with Crippen LogP contribution in [-0.2, 0) is 11.3 Å². The largest absolute Gasteiger partial charge is 0.345 e. The number of hydrogen-bond acceptors (Lipinski definition) is 5. The van der Waals surface area contributed by atoms with Gasteiger partial charge in [-0.15, -0.1) is 0 Å². The maximum Gasteiger partial charge on any atom is 0.242 e. The molecule has 0 spiro atoms. The van der Waals surface area contributed by atoms with Crippen LogP contribution >= 0.6 is 11.6 Å². The van der Waals surface area contributed by atoms with Gasteiger partial charge in [0.1, 0.15) is 5.82 Å². The lowest BCUT2D eigenvalue weighted by atomic mass is 10.1. The number of anilines is 1. The highest BCUT2D eigenvalue weighted by atomic mass is 35.5. The highest BCUT2D eigenvalue weighted by Gasteiger charge is 2.26. The van der Waals surface area contributed by atoms with Gasteiger partial charge < -0.3 is 9.80 Å². The quantitative estimate of drug-likeness (QED) is 0.660. The lowest BCUT2D eigenvalue weighted by molar-refractivity contribution is -0.131. The molecule has 0 bridgehead atoms. The summed E-state index contributed by atoms with van der Waals surface area (Å²) in [5, 5.41) is 0.699. The van der Waals surface area contributed by atoms with Gasteiger partial charge in [-0.2, -0.15) is 0 Å². The van der Waals surface area contributed by atoms with Gasteiger partial charge in [0, 0.05) is 53.9 Å². The van der Waals surface area contributed by atoms with Crippen LogP contribution < -0.4 is 4.90 Å².